The number of hydrogen-bond acceptors (Lipinski definition) is 3. The van der Waals surface area contributed by atoms with Crippen LogP contribution in [0.25, 0.3) is 0 Å². The Balaban J connectivity index is 2.16. The fraction of sp³-hybridized carbons (Fsp3) is 0.571. The van der Waals surface area contributed by atoms with Crippen molar-refractivity contribution in [2.45, 2.75) is 23.9 Å². The molecule has 1 saturated heterocycles. The van der Waals surface area contributed by atoms with Gasteiger partial charge in [-0.3, -0.25) is 4.90 Å². The van der Waals surface area contributed by atoms with E-state index in [1.807, 2.05) is 6.07 Å². The first-order valence-electron chi connectivity index (χ1n) is 6.50. The van der Waals surface area contributed by atoms with Crippen LogP contribution in [0.3, 0.4) is 0 Å². The van der Waals surface area contributed by atoms with Crippen molar-refractivity contribution in [3.63, 3.8) is 0 Å². The third kappa shape index (κ3) is 3.51. The lowest BCUT2D eigenvalue weighted by atomic mass is 10.1. The number of alkyl halides is 1. The fourth-order valence-corrected chi connectivity index (χ4v) is 3.03. The lowest BCUT2D eigenvalue weighted by Crippen LogP contribution is -2.53. The summed E-state index contributed by atoms with van der Waals surface area (Å²) in [6.45, 7) is 7.31. The molecule has 0 N–H and O–H groups in total. The maximum absolute atomic E-state index is 13.6. The molecule has 1 aliphatic heterocycles. The zero-order valence-electron chi connectivity index (χ0n) is 11.6. The highest BCUT2D eigenvalue weighted by Crippen LogP contribution is 2.27. The van der Waals surface area contributed by atoms with Crippen LogP contribution in [-0.4, -0.2) is 41.7 Å². The Morgan fingerprint density at radius 3 is 2.68 bits per heavy atom. The molecular formula is C14H20FIN2O. The number of anilines is 1. The van der Waals surface area contributed by atoms with Crippen LogP contribution in [0, 0.1) is 5.82 Å². The summed E-state index contributed by atoms with van der Waals surface area (Å²) in [4.78, 5) is 4.69. The number of benzene rings is 1. The number of hydrogen-bond donors (Lipinski definition) is 0. The number of ether oxygens (including phenoxy) is 1. The molecule has 1 aromatic carbocycles. The first-order chi connectivity index (χ1) is 9.01. The Morgan fingerprint density at radius 1 is 1.37 bits per heavy atom. The van der Waals surface area contributed by atoms with Crippen molar-refractivity contribution in [1.29, 1.82) is 0 Å². The van der Waals surface area contributed by atoms with E-state index >= 15 is 0 Å². The van der Waals surface area contributed by atoms with Crippen LogP contribution in [0.2, 0.25) is 0 Å². The molecule has 0 bridgehead atoms. The summed E-state index contributed by atoms with van der Waals surface area (Å²) in [5.41, 5.74) is 0.908. The van der Waals surface area contributed by atoms with Gasteiger partial charge in [-0.25, -0.2) is 4.39 Å². The average molecular weight is 378 g/mol. The topological polar surface area (TPSA) is 15.7 Å². The number of halogens is 2. The lowest BCUT2D eigenvalue weighted by Gasteiger charge is -2.42. The van der Waals surface area contributed by atoms with Gasteiger partial charge >= 0.3 is 0 Å². The summed E-state index contributed by atoms with van der Waals surface area (Å²) >= 11 is 2.44. The fourth-order valence-electron chi connectivity index (χ4n) is 2.52. The van der Waals surface area contributed by atoms with E-state index in [9.17, 15) is 4.39 Å². The summed E-state index contributed by atoms with van der Waals surface area (Å²) in [5.74, 6) is 0.332. The second kappa shape index (κ2) is 6.26. The van der Waals surface area contributed by atoms with E-state index in [0.717, 1.165) is 25.3 Å². The number of rotatable bonds is 3. The molecule has 106 valence electrons. The molecule has 0 aromatic heterocycles. The Kier molecular flexibility index (Phi) is 4.89. The summed E-state index contributed by atoms with van der Waals surface area (Å²) < 4.78 is 19.3. The monoisotopic (exact) mass is 378 g/mol. The standard InChI is InChI=1S/C14H20FIN2O/c1-10-9-17(11(2)16)4-5-18(10)13-6-12(15)7-14(8-13)19-3/h6-8,10-11H,4-5,9H2,1-3H3. The molecule has 0 amide bonds. The molecule has 3 nitrogen and oxygen atoms in total. The van der Waals surface area contributed by atoms with Gasteiger partial charge in [0.2, 0.25) is 0 Å². The van der Waals surface area contributed by atoms with E-state index in [0.29, 0.717) is 15.8 Å². The predicted molar refractivity (Wildman–Crippen MR) is 84.8 cm³/mol. The number of nitrogens with zero attached hydrogens (tertiary/aromatic N) is 2. The van der Waals surface area contributed by atoms with Gasteiger partial charge in [-0.05, 0) is 19.9 Å². The first kappa shape index (κ1) is 14.8. The van der Waals surface area contributed by atoms with E-state index in [4.69, 9.17) is 4.74 Å². The lowest BCUT2D eigenvalue weighted by molar-refractivity contribution is 0.230. The van der Waals surface area contributed by atoms with Gasteiger partial charge in [0.05, 0.1) is 11.2 Å². The average Bonchev–Trinajstić information content (AvgIpc) is 2.37. The molecule has 2 rings (SSSR count). The highest BCUT2D eigenvalue weighted by Gasteiger charge is 2.26. The van der Waals surface area contributed by atoms with Crippen molar-refractivity contribution in [1.82, 2.24) is 4.90 Å². The first-order valence-corrected chi connectivity index (χ1v) is 7.75. The summed E-state index contributed by atoms with van der Waals surface area (Å²) in [6, 6.07) is 5.28. The third-order valence-corrected chi connectivity index (χ3v) is 4.37. The minimum Gasteiger partial charge on any atom is -0.497 e. The van der Waals surface area contributed by atoms with Crippen LogP contribution >= 0.6 is 22.6 Å². The number of methoxy groups -OCH3 is 1. The second-order valence-corrected chi connectivity index (χ2v) is 6.76. The molecule has 19 heavy (non-hydrogen) atoms. The Bertz CT molecular complexity index is 441. The molecule has 0 radical (unpaired) electrons. The predicted octanol–water partition coefficient (Wildman–Crippen LogP) is 3.13. The molecule has 0 spiro atoms. The second-order valence-electron chi connectivity index (χ2n) is 4.96. The third-order valence-electron chi connectivity index (χ3n) is 3.59. The minimum atomic E-state index is -0.244. The van der Waals surface area contributed by atoms with Crippen molar-refractivity contribution in [3.8, 4) is 5.75 Å². The van der Waals surface area contributed by atoms with Gasteiger partial charge in [-0.1, -0.05) is 22.6 Å². The van der Waals surface area contributed by atoms with E-state index in [2.05, 4.69) is 46.2 Å². The van der Waals surface area contributed by atoms with Crippen LogP contribution in [0.4, 0.5) is 10.1 Å². The van der Waals surface area contributed by atoms with Crippen molar-refractivity contribution < 1.29 is 9.13 Å². The Morgan fingerprint density at radius 2 is 2.11 bits per heavy atom. The maximum atomic E-state index is 13.6. The van der Waals surface area contributed by atoms with Crippen molar-refractivity contribution in [2.75, 3.05) is 31.6 Å². The number of piperazine rings is 1. The molecule has 5 heteroatoms. The molecule has 2 atom stereocenters. The molecule has 1 aliphatic rings. The largest absolute Gasteiger partial charge is 0.497 e. The SMILES string of the molecule is COc1cc(F)cc(N2CCN(C(C)I)CC2C)c1. The van der Waals surface area contributed by atoms with Crippen LogP contribution < -0.4 is 9.64 Å². The van der Waals surface area contributed by atoms with Gasteiger partial charge < -0.3 is 9.64 Å². The van der Waals surface area contributed by atoms with Crippen LogP contribution in [0.5, 0.6) is 5.75 Å². The van der Waals surface area contributed by atoms with Gasteiger partial charge in [-0.2, -0.15) is 0 Å². The molecule has 0 saturated carbocycles. The van der Waals surface area contributed by atoms with E-state index in [1.54, 1.807) is 13.2 Å². The van der Waals surface area contributed by atoms with Gasteiger partial charge in [0.15, 0.2) is 0 Å². The van der Waals surface area contributed by atoms with Crippen LogP contribution in [0.15, 0.2) is 18.2 Å². The molecule has 1 heterocycles. The maximum Gasteiger partial charge on any atom is 0.128 e. The molecule has 2 unspecified atom stereocenters. The van der Waals surface area contributed by atoms with Crippen LogP contribution in [0.1, 0.15) is 13.8 Å². The Hall–Kier alpha value is -0.560. The van der Waals surface area contributed by atoms with Crippen molar-refractivity contribution in [2.24, 2.45) is 0 Å². The molecule has 1 aromatic rings. The highest BCUT2D eigenvalue weighted by atomic mass is 127. The Labute approximate surface area is 127 Å². The molecular weight excluding hydrogens is 358 g/mol. The molecule has 1 fully saturated rings. The molecule has 0 aliphatic carbocycles. The minimum absolute atomic E-state index is 0.244. The summed E-state index contributed by atoms with van der Waals surface area (Å²) in [5, 5.41) is 0. The van der Waals surface area contributed by atoms with Gasteiger partial charge in [0.1, 0.15) is 11.6 Å². The summed E-state index contributed by atoms with van der Waals surface area (Å²) in [6.07, 6.45) is 0. The van der Waals surface area contributed by atoms with Gasteiger partial charge in [0, 0.05) is 43.5 Å². The highest BCUT2D eigenvalue weighted by molar-refractivity contribution is 14.1. The zero-order valence-corrected chi connectivity index (χ0v) is 13.7. The van der Waals surface area contributed by atoms with E-state index < -0.39 is 0 Å². The zero-order chi connectivity index (χ0) is 14.0. The van der Waals surface area contributed by atoms with Crippen molar-refractivity contribution in [3.05, 3.63) is 24.0 Å². The van der Waals surface area contributed by atoms with Crippen LogP contribution in [-0.2, 0) is 0 Å². The normalized spacial score (nSPS) is 22.4. The van der Waals surface area contributed by atoms with Gasteiger partial charge in [-0.15, -0.1) is 0 Å². The van der Waals surface area contributed by atoms with E-state index in [-0.39, 0.29) is 5.82 Å². The van der Waals surface area contributed by atoms with Gasteiger partial charge in [0.25, 0.3) is 0 Å². The quantitative estimate of drug-likeness (QED) is 0.457. The van der Waals surface area contributed by atoms with Crippen molar-refractivity contribution >= 4 is 28.3 Å². The smallest absolute Gasteiger partial charge is 0.128 e. The van der Waals surface area contributed by atoms with E-state index in [1.165, 1.54) is 6.07 Å². The summed E-state index contributed by atoms with van der Waals surface area (Å²) in [7, 11) is 1.57.